The minimum absolute atomic E-state index is 0.0138. The number of carbonyl (C=O) groups is 1. The molecule has 0 radical (unpaired) electrons. The summed E-state index contributed by atoms with van der Waals surface area (Å²) >= 11 is 0. The lowest BCUT2D eigenvalue weighted by Crippen LogP contribution is -2.42. The molecule has 0 aromatic heterocycles. The maximum Gasteiger partial charge on any atom is 0.269 e. The molecule has 174 valence electrons. The number of anilines is 2. The number of rotatable bonds is 4. The third-order valence-corrected chi connectivity index (χ3v) is 6.44. The van der Waals surface area contributed by atoms with Crippen LogP contribution in [0.3, 0.4) is 0 Å². The highest BCUT2D eigenvalue weighted by Crippen LogP contribution is 2.50. The third-order valence-electron chi connectivity index (χ3n) is 6.44. The number of allylic oxidation sites excluding steroid dienone is 3. The monoisotopic (exact) mass is 457 g/mol. The van der Waals surface area contributed by atoms with E-state index in [1.807, 2.05) is 57.1 Å². The van der Waals surface area contributed by atoms with Gasteiger partial charge in [-0.25, -0.2) is 0 Å². The molecule has 2 aromatic carbocycles. The van der Waals surface area contributed by atoms with Crippen molar-refractivity contribution < 1.29 is 9.72 Å². The van der Waals surface area contributed by atoms with Crippen molar-refractivity contribution >= 4 is 22.8 Å². The van der Waals surface area contributed by atoms with Crippen molar-refractivity contribution in [2.75, 3.05) is 23.9 Å². The van der Waals surface area contributed by atoms with Crippen LogP contribution in [0.1, 0.15) is 38.2 Å². The fourth-order valence-corrected chi connectivity index (χ4v) is 4.83. The van der Waals surface area contributed by atoms with Gasteiger partial charge in [0.1, 0.15) is 5.82 Å². The summed E-state index contributed by atoms with van der Waals surface area (Å²) in [7, 11) is 3.90. The molecule has 8 heteroatoms. The van der Waals surface area contributed by atoms with Crippen molar-refractivity contribution in [1.29, 1.82) is 5.26 Å². The average molecular weight is 458 g/mol. The van der Waals surface area contributed by atoms with E-state index in [1.54, 1.807) is 17.0 Å². The highest BCUT2D eigenvalue weighted by Gasteiger charge is 2.44. The topological polar surface area (TPSA) is 116 Å². The molecule has 1 heterocycles. The molecule has 2 aliphatic rings. The molecular weight excluding hydrogens is 430 g/mol. The molecule has 2 aromatic rings. The summed E-state index contributed by atoms with van der Waals surface area (Å²) < 4.78 is 0. The molecule has 0 fully saturated rings. The maximum absolute atomic E-state index is 13.5. The standard InChI is InChI=1S/C26H27N5O3/c1-26(2)13-21-24(22(32)14-26)23(16-5-7-17(8-6-16)29(3)4)20(15-27)25(28)30(21)18-9-11-19(12-10-18)31(33)34/h5-12,23H,13-14,28H2,1-4H3. The quantitative estimate of drug-likeness (QED) is 0.527. The van der Waals surface area contributed by atoms with Crippen LogP contribution in [0.25, 0.3) is 0 Å². The Morgan fingerprint density at radius 1 is 1.12 bits per heavy atom. The smallest absolute Gasteiger partial charge is 0.269 e. The lowest BCUT2D eigenvalue weighted by atomic mass is 9.68. The van der Waals surface area contributed by atoms with E-state index < -0.39 is 10.8 Å². The number of nitro benzene ring substituents is 1. The zero-order valence-corrected chi connectivity index (χ0v) is 19.7. The average Bonchev–Trinajstić information content (AvgIpc) is 2.77. The van der Waals surface area contributed by atoms with Crippen LogP contribution in [0.2, 0.25) is 0 Å². The van der Waals surface area contributed by atoms with Crippen molar-refractivity contribution in [3.05, 3.63) is 86.9 Å². The largest absolute Gasteiger partial charge is 0.384 e. The van der Waals surface area contributed by atoms with Gasteiger partial charge in [-0.2, -0.15) is 5.26 Å². The number of benzene rings is 2. The first-order chi connectivity index (χ1) is 16.0. The van der Waals surface area contributed by atoms with Crippen molar-refractivity contribution in [3.8, 4) is 6.07 Å². The Morgan fingerprint density at radius 3 is 2.26 bits per heavy atom. The van der Waals surface area contributed by atoms with Gasteiger partial charge in [0.15, 0.2) is 5.78 Å². The van der Waals surface area contributed by atoms with Gasteiger partial charge in [-0.1, -0.05) is 26.0 Å². The van der Waals surface area contributed by atoms with Gasteiger partial charge in [0, 0.05) is 55.3 Å². The first kappa shape index (κ1) is 23.1. The van der Waals surface area contributed by atoms with E-state index in [2.05, 4.69) is 6.07 Å². The second kappa shape index (κ2) is 8.34. The second-order valence-electron chi connectivity index (χ2n) is 9.74. The van der Waals surface area contributed by atoms with Gasteiger partial charge >= 0.3 is 0 Å². The van der Waals surface area contributed by atoms with Crippen molar-refractivity contribution in [1.82, 2.24) is 0 Å². The Bertz CT molecular complexity index is 1270. The SMILES string of the molecule is CN(C)c1ccc(C2C(C#N)=C(N)N(c3ccc([N+](=O)[O-])cc3)C3=C2C(=O)CC(C)(C)C3)cc1. The van der Waals surface area contributed by atoms with E-state index in [-0.39, 0.29) is 22.7 Å². The molecule has 4 rings (SSSR count). The molecule has 1 unspecified atom stereocenters. The van der Waals surface area contributed by atoms with Gasteiger partial charge in [-0.15, -0.1) is 0 Å². The maximum atomic E-state index is 13.5. The minimum Gasteiger partial charge on any atom is -0.384 e. The summed E-state index contributed by atoms with van der Waals surface area (Å²) in [6, 6.07) is 16.0. The highest BCUT2D eigenvalue weighted by atomic mass is 16.6. The fourth-order valence-electron chi connectivity index (χ4n) is 4.83. The van der Waals surface area contributed by atoms with Crippen LogP contribution < -0.4 is 15.5 Å². The summed E-state index contributed by atoms with van der Waals surface area (Å²) in [4.78, 5) is 27.9. The van der Waals surface area contributed by atoms with Crippen molar-refractivity contribution in [2.24, 2.45) is 11.1 Å². The number of nitrogens with two attached hydrogens (primary N) is 1. The van der Waals surface area contributed by atoms with Crippen LogP contribution in [0.15, 0.2) is 71.2 Å². The molecule has 8 nitrogen and oxygen atoms in total. The van der Waals surface area contributed by atoms with Crippen LogP contribution >= 0.6 is 0 Å². The van der Waals surface area contributed by atoms with Crippen LogP contribution in [0, 0.1) is 26.9 Å². The molecule has 0 amide bonds. The molecular formula is C26H27N5O3. The van der Waals surface area contributed by atoms with Crippen LogP contribution in [-0.4, -0.2) is 24.8 Å². The zero-order valence-electron chi connectivity index (χ0n) is 19.7. The lowest BCUT2D eigenvalue weighted by molar-refractivity contribution is -0.384. The minimum atomic E-state index is -0.561. The van der Waals surface area contributed by atoms with E-state index in [0.717, 1.165) is 16.9 Å². The predicted octanol–water partition coefficient (Wildman–Crippen LogP) is 4.60. The number of nitrogens with zero attached hydrogens (tertiary/aromatic N) is 4. The number of nitriles is 1. The summed E-state index contributed by atoms with van der Waals surface area (Å²) in [5, 5.41) is 21.3. The summed E-state index contributed by atoms with van der Waals surface area (Å²) in [5.74, 6) is -0.337. The van der Waals surface area contributed by atoms with E-state index in [9.17, 15) is 20.2 Å². The number of ketones is 1. The summed E-state index contributed by atoms with van der Waals surface area (Å²) in [5.41, 5.74) is 10.3. The zero-order chi connectivity index (χ0) is 24.8. The lowest BCUT2D eigenvalue weighted by Gasteiger charge is -2.43. The first-order valence-electron chi connectivity index (χ1n) is 11.0. The Balaban J connectivity index is 1.93. The first-order valence-corrected chi connectivity index (χ1v) is 11.0. The number of hydrogen-bond acceptors (Lipinski definition) is 7. The second-order valence-corrected chi connectivity index (χ2v) is 9.74. The molecule has 0 saturated heterocycles. The van der Waals surface area contributed by atoms with E-state index in [4.69, 9.17) is 5.73 Å². The van der Waals surface area contributed by atoms with Gasteiger partial charge in [-0.3, -0.25) is 19.8 Å². The molecule has 0 bridgehead atoms. The van der Waals surface area contributed by atoms with Gasteiger partial charge in [0.2, 0.25) is 0 Å². The number of non-ortho nitro benzene ring substituents is 1. The number of carbonyl (C=O) groups excluding carboxylic acids is 1. The van der Waals surface area contributed by atoms with Gasteiger partial charge < -0.3 is 10.6 Å². The Hall–Kier alpha value is -4.12. The summed E-state index contributed by atoms with van der Waals surface area (Å²) in [6.45, 7) is 4.06. The molecule has 2 N–H and O–H groups in total. The fraction of sp³-hybridized carbons (Fsp3) is 0.308. The Labute approximate surface area is 198 Å². The third kappa shape index (κ3) is 3.90. The van der Waals surface area contributed by atoms with Crippen LogP contribution in [0.5, 0.6) is 0 Å². The number of hydrogen-bond donors (Lipinski definition) is 1. The number of Topliss-reactive ketones (excluding diaryl/α,β-unsaturated/α-hetero) is 1. The van der Waals surface area contributed by atoms with Crippen molar-refractivity contribution in [2.45, 2.75) is 32.6 Å². The highest BCUT2D eigenvalue weighted by molar-refractivity contribution is 6.01. The van der Waals surface area contributed by atoms with Crippen molar-refractivity contribution in [3.63, 3.8) is 0 Å². The normalized spacial score (nSPS) is 19.6. The van der Waals surface area contributed by atoms with E-state index >= 15 is 0 Å². The molecule has 1 aliphatic heterocycles. The van der Waals surface area contributed by atoms with Gasteiger partial charge in [0.05, 0.1) is 22.5 Å². The summed E-state index contributed by atoms with van der Waals surface area (Å²) in [6.07, 6.45) is 0.946. The van der Waals surface area contributed by atoms with Gasteiger partial charge in [0.25, 0.3) is 5.69 Å². The molecule has 34 heavy (non-hydrogen) atoms. The Morgan fingerprint density at radius 2 is 1.74 bits per heavy atom. The predicted molar refractivity (Wildman–Crippen MR) is 131 cm³/mol. The van der Waals surface area contributed by atoms with E-state index in [0.29, 0.717) is 29.7 Å². The van der Waals surface area contributed by atoms with Crippen LogP contribution in [-0.2, 0) is 4.79 Å². The molecule has 1 atom stereocenters. The number of nitro groups is 1. The molecule has 0 spiro atoms. The Kier molecular flexibility index (Phi) is 5.65. The van der Waals surface area contributed by atoms with E-state index in [1.165, 1.54) is 12.1 Å². The van der Waals surface area contributed by atoms with Crippen LogP contribution in [0.4, 0.5) is 17.1 Å². The van der Waals surface area contributed by atoms with Gasteiger partial charge in [-0.05, 0) is 41.7 Å². The molecule has 0 saturated carbocycles. The molecule has 1 aliphatic carbocycles.